The standard InChI is InChI=1S/C21H28N2O5S/c1-16-7-5-9-18(13-16)23(29(4,25)26)15-21(24)22-12-6-8-17-10-11-19(27-2)20(14-17)28-3/h5,7,9-11,13-14H,6,8,12,15H2,1-4H3,(H,22,24). The van der Waals surface area contributed by atoms with Crippen LogP contribution in [0.4, 0.5) is 5.69 Å². The number of aryl methyl sites for hydroxylation is 2. The number of ether oxygens (including phenoxy) is 2. The van der Waals surface area contributed by atoms with Crippen molar-refractivity contribution < 1.29 is 22.7 Å². The lowest BCUT2D eigenvalue weighted by Crippen LogP contribution is -2.40. The van der Waals surface area contributed by atoms with Gasteiger partial charge in [0.05, 0.1) is 26.2 Å². The van der Waals surface area contributed by atoms with Gasteiger partial charge < -0.3 is 14.8 Å². The van der Waals surface area contributed by atoms with Crippen molar-refractivity contribution in [3.63, 3.8) is 0 Å². The van der Waals surface area contributed by atoms with E-state index < -0.39 is 10.0 Å². The quantitative estimate of drug-likeness (QED) is 0.597. The van der Waals surface area contributed by atoms with Crippen LogP contribution in [-0.2, 0) is 21.2 Å². The number of benzene rings is 2. The Hall–Kier alpha value is -2.74. The topological polar surface area (TPSA) is 84.9 Å². The fourth-order valence-electron chi connectivity index (χ4n) is 2.93. The number of methoxy groups -OCH3 is 2. The number of hydrogen-bond donors (Lipinski definition) is 1. The molecule has 2 aromatic carbocycles. The summed E-state index contributed by atoms with van der Waals surface area (Å²) in [6, 6.07) is 12.8. The number of amides is 1. The van der Waals surface area contributed by atoms with Crippen molar-refractivity contribution in [3.8, 4) is 11.5 Å². The van der Waals surface area contributed by atoms with Gasteiger partial charge in [-0.05, 0) is 55.2 Å². The molecule has 29 heavy (non-hydrogen) atoms. The van der Waals surface area contributed by atoms with Gasteiger partial charge in [-0.3, -0.25) is 9.10 Å². The summed E-state index contributed by atoms with van der Waals surface area (Å²) in [4.78, 5) is 12.3. The van der Waals surface area contributed by atoms with E-state index in [0.29, 0.717) is 30.2 Å². The average Bonchev–Trinajstić information content (AvgIpc) is 2.68. The molecule has 0 aliphatic heterocycles. The van der Waals surface area contributed by atoms with E-state index in [9.17, 15) is 13.2 Å². The highest BCUT2D eigenvalue weighted by Gasteiger charge is 2.20. The molecule has 0 aliphatic rings. The van der Waals surface area contributed by atoms with Gasteiger partial charge in [-0.15, -0.1) is 0 Å². The lowest BCUT2D eigenvalue weighted by molar-refractivity contribution is -0.119. The molecule has 0 spiro atoms. The molecule has 8 heteroatoms. The fraction of sp³-hybridized carbons (Fsp3) is 0.381. The molecule has 0 aliphatic carbocycles. The van der Waals surface area contributed by atoms with Crippen molar-refractivity contribution in [2.24, 2.45) is 0 Å². The molecule has 2 rings (SSSR count). The maximum atomic E-state index is 12.3. The van der Waals surface area contributed by atoms with Gasteiger partial charge in [0.15, 0.2) is 11.5 Å². The minimum Gasteiger partial charge on any atom is -0.493 e. The van der Waals surface area contributed by atoms with Crippen LogP contribution < -0.4 is 19.1 Å². The van der Waals surface area contributed by atoms with Gasteiger partial charge in [0.1, 0.15) is 6.54 Å². The van der Waals surface area contributed by atoms with Crippen LogP contribution in [0.3, 0.4) is 0 Å². The van der Waals surface area contributed by atoms with E-state index in [-0.39, 0.29) is 12.5 Å². The first-order valence-corrected chi connectivity index (χ1v) is 11.1. The number of anilines is 1. The molecule has 0 aromatic heterocycles. The van der Waals surface area contributed by atoms with E-state index in [1.807, 2.05) is 31.2 Å². The Morgan fingerprint density at radius 3 is 2.41 bits per heavy atom. The summed E-state index contributed by atoms with van der Waals surface area (Å²) in [6.07, 6.45) is 2.55. The summed E-state index contributed by atoms with van der Waals surface area (Å²) < 4.78 is 35.9. The smallest absolute Gasteiger partial charge is 0.240 e. The number of rotatable bonds is 10. The van der Waals surface area contributed by atoms with E-state index in [1.54, 1.807) is 32.4 Å². The maximum absolute atomic E-state index is 12.3. The molecule has 2 aromatic rings. The average molecular weight is 421 g/mol. The Balaban J connectivity index is 1.90. The van der Waals surface area contributed by atoms with Crippen LogP contribution in [0.2, 0.25) is 0 Å². The van der Waals surface area contributed by atoms with Gasteiger partial charge >= 0.3 is 0 Å². The summed E-state index contributed by atoms with van der Waals surface area (Å²) in [5.41, 5.74) is 2.47. The van der Waals surface area contributed by atoms with Gasteiger partial charge in [0.2, 0.25) is 15.9 Å². The Kier molecular flexibility index (Phi) is 7.90. The number of carbonyl (C=O) groups excluding carboxylic acids is 1. The van der Waals surface area contributed by atoms with E-state index in [4.69, 9.17) is 9.47 Å². The molecule has 0 unspecified atom stereocenters. The van der Waals surface area contributed by atoms with Gasteiger partial charge in [-0.2, -0.15) is 0 Å². The first kappa shape index (κ1) is 22.5. The van der Waals surface area contributed by atoms with E-state index >= 15 is 0 Å². The summed E-state index contributed by atoms with van der Waals surface area (Å²) >= 11 is 0. The minimum atomic E-state index is -3.57. The second-order valence-electron chi connectivity index (χ2n) is 6.75. The molecule has 0 bridgehead atoms. The summed E-state index contributed by atoms with van der Waals surface area (Å²) in [6.45, 7) is 2.06. The third-order valence-electron chi connectivity index (χ3n) is 4.39. The highest BCUT2D eigenvalue weighted by Crippen LogP contribution is 2.27. The van der Waals surface area contributed by atoms with Crippen LogP contribution in [0.1, 0.15) is 17.5 Å². The largest absolute Gasteiger partial charge is 0.493 e. The van der Waals surface area contributed by atoms with Crippen molar-refractivity contribution in [3.05, 3.63) is 53.6 Å². The first-order chi connectivity index (χ1) is 13.7. The molecule has 158 valence electrons. The molecule has 0 heterocycles. The summed E-state index contributed by atoms with van der Waals surface area (Å²) in [5.74, 6) is 0.988. The predicted octanol–water partition coefficient (Wildman–Crippen LogP) is 2.53. The van der Waals surface area contributed by atoms with Crippen LogP contribution in [-0.4, -0.2) is 47.9 Å². The summed E-state index contributed by atoms with van der Waals surface area (Å²) in [5, 5.41) is 2.79. The van der Waals surface area contributed by atoms with Crippen LogP contribution in [0.15, 0.2) is 42.5 Å². The SMILES string of the molecule is COc1ccc(CCCNC(=O)CN(c2cccc(C)c2)S(C)(=O)=O)cc1OC. The molecule has 1 amide bonds. The van der Waals surface area contributed by atoms with Crippen molar-refractivity contribution in [1.29, 1.82) is 0 Å². The van der Waals surface area contributed by atoms with Crippen LogP contribution in [0.25, 0.3) is 0 Å². The third kappa shape index (κ3) is 6.67. The second-order valence-corrected chi connectivity index (χ2v) is 8.66. The fourth-order valence-corrected chi connectivity index (χ4v) is 3.77. The van der Waals surface area contributed by atoms with Gasteiger partial charge in [0, 0.05) is 6.54 Å². The Morgan fingerprint density at radius 1 is 1.07 bits per heavy atom. The number of nitrogens with one attached hydrogen (secondary N) is 1. The molecular formula is C21H28N2O5S. The molecular weight excluding hydrogens is 392 g/mol. The molecule has 0 fully saturated rings. The number of hydrogen-bond acceptors (Lipinski definition) is 5. The normalized spacial score (nSPS) is 11.0. The number of carbonyl (C=O) groups is 1. The molecule has 0 saturated heterocycles. The van der Waals surface area contributed by atoms with Crippen molar-refractivity contribution in [2.75, 3.05) is 37.9 Å². The molecule has 0 atom stereocenters. The van der Waals surface area contributed by atoms with E-state index in [2.05, 4.69) is 5.32 Å². The van der Waals surface area contributed by atoms with Crippen molar-refractivity contribution >= 4 is 21.6 Å². The highest BCUT2D eigenvalue weighted by molar-refractivity contribution is 7.92. The monoisotopic (exact) mass is 420 g/mol. The lowest BCUT2D eigenvalue weighted by atomic mass is 10.1. The van der Waals surface area contributed by atoms with E-state index in [0.717, 1.165) is 28.1 Å². The Labute approximate surface area is 172 Å². The van der Waals surface area contributed by atoms with E-state index in [1.165, 1.54) is 0 Å². The lowest BCUT2D eigenvalue weighted by Gasteiger charge is -2.22. The number of sulfonamides is 1. The molecule has 1 N–H and O–H groups in total. The van der Waals surface area contributed by atoms with Crippen LogP contribution >= 0.6 is 0 Å². The van der Waals surface area contributed by atoms with Crippen molar-refractivity contribution in [1.82, 2.24) is 5.32 Å². The number of nitrogens with zero attached hydrogens (tertiary/aromatic N) is 1. The Morgan fingerprint density at radius 2 is 1.79 bits per heavy atom. The maximum Gasteiger partial charge on any atom is 0.240 e. The zero-order valence-electron chi connectivity index (χ0n) is 17.3. The van der Waals surface area contributed by atoms with Gasteiger partial charge in [-0.25, -0.2) is 8.42 Å². The first-order valence-electron chi connectivity index (χ1n) is 9.26. The molecule has 0 saturated carbocycles. The van der Waals surface area contributed by atoms with Crippen molar-refractivity contribution in [2.45, 2.75) is 19.8 Å². The Bertz CT molecular complexity index is 944. The predicted molar refractivity (Wildman–Crippen MR) is 114 cm³/mol. The summed E-state index contributed by atoms with van der Waals surface area (Å²) in [7, 11) is -0.397. The zero-order chi connectivity index (χ0) is 21.4. The van der Waals surface area contributed by atoms with Gasteiger partial charge in [0.25, 0.3) is 0 Å². The zero-order valence-corrected chi connectivity index (χ0v) is 18.1. The second kappa shape index (κ2) is 10.2. The molecule has 0 radical (unpaired) electrons. The van der Waals surface area contributed by atoms with Crippen LogP contribution in [0.5, 0.6) is 11.5 Å². The molecule has 7 nitrogen and oxygen atoms in total. The third-order valence-corrected chi connectivity index (χ3v) is 5.53. The van der Waals surface area contributed by atoms with Crippen LogP contribution in [0, 0.1) is 6.92 Å². The van der Waals surface area contributed by atoms with Gasteiger partial charge in [-0.1, -0.05) is 18.2 Å². The highest BCUT2D eigenvalue weighted by atomic mass is 32.2. The minimum absolute atomic E-state index is 0.251.